The van der Waals surface area contributed by atoms with Crippen molar-refractivity contribution in [2.24, 2.45) is 0 Å². The minimum atomic E-state index is -0.0423. The first-order valence-electron chi connectivity index (χ1n) is 8.92. The van der Waals surface area contributed by atoms with Gasteiger partial charge >= 0.3 is 0 Å². The number of halogens is 1. The molecular formula is C21H22BrNO2. The van der Waals surface area contributed by atoms with E-state index < -0.39 is 0 Å². The van der Waals surface area contributed by atoms with Crippen LogP contribution in [0.3, 0.4) is 0 Å². The monoisotopic (exact) mass is 399 g/mol. The maximum Gasteiger partial charge on any atom is 0.162 e. The topological polar surface area (TPSA) is 29.5 Å². The van der Waals surface area contributed by atoms with Crippen molar-refractivity contribution >= 4 is 21.7 Å². The van der Waals surface area contributed by atoms with Crippen LogP contribution in [-0.4, -0.2) is 35.9 Å². The van der Waals surface area contributed by atoms with E-state index in [-0.39, 0.29) is 11.4 Å². The Morgan fingerprint density at radius 3 is 2.76 bits per heavy atom. The van der Waals surface area contributed by atoms with Gasteiger partial charge in [0.15, 0.2) is 5.78 Å². The molecule has 1 spiro atoms. The number of hydrogen-bond acceptors (Lipinski definition) is 3. The molecule has 2 aromatic carbocycles. The summed E-state index contributed by atoms with van der Waals surface area (Å²) in [5, 5.41) is 0. The Hall–Kier alpha value is -1.65. The molecule has 2 aliphatic rings. The Bertz CT molecular complexity index is 747. The van der Waals surface area contributed by atoms with Crippen molar-refractivity contribution < 1.29 is 9.53 Å². The first-order valence-corrected chi connectivity index (χ1v) is 9.71. The molecule has 4 rings (SSSR count). The second-order valence-corrected chi connectivity index (χ2v) is 8.05. The first-order chi connectivity index (χ1) is 12.1. The second kappa shape index (κ2) is 6.93. The number of para-hydroxylation sites is 1. The Balaban J connectivity index is 1.27. The number of likely N-dealkylation sites (tertiary alicyclic amines) is 1. The summed E-state index contributed by atoms with van der Waals surface area (Å²) in [5.74, 6) is 1.28. The van der Waals surface area contributed by atoms with Crippen LogP contribution in [0.5, 0.6) is 5.75 Å². The van der Waals surface area contributed by atoms with E-state index in [2.05, 4.69) is 39.0 Å². The molecule has 0 N–H and O–H groups in total. The van der Waals surface area contributed by atoms with Crippen LogP contribution in [0.25, 0.3) is 0 Å². The second-order valence-electron chi connectivity index (χ2n) is 7.13. The summed E-state index contributed by atoms with van der Waals surface area (Å²) in [6, 6.07) is 16.0. The smallest absolute Gasteiger partial charge is 0.162 e. The summed E-state index contributed by atoms with van der Waals surface area (Å²) in [6.45, 7) is 2.98. The van der Waals surface area contributed by atoms with Gasteiger partial charge in [0, 0.05) is 42.4 Å². The highest BCUT2D eigenvalue weighted by atomic mass is 79.9. The highest BCUT2D eigenvalue weighted by Gasteiger charge is 2.44. The zero-order valence-electron chi connectivity index (χ0n) is 14.2. The molecule has 3 nitrogen and oxygen atoms in total. The summed E-state index contributed by atoms with van der Waals surface area (Å²) in [5.41, 5.74) is 2.09. The van der Waals surface area contributed by atoms with Crippen molar-refractivity contribution in [2.45, 2.75) is 31.3 Å². The molecule has 0 aromatic heterocycles. The van der Waals surface area contributed by atoms with Crippen LogP contribution in [0.2, 0.25) is 0 Å². The van der Waals surface area contributed by atoms with Gasteiger partial charge in [-0.1, -0.05) is 46.3 Å². The lowest BCUT2D eigenvalue weighted by atomic mass is 9.96. The average Bonchev–Trinajstić information content (AvgIpc) is 3.18. The number of fused-ring (bicyclic) bond motifs is 1. The summed E-state index contributed by atoms with van der Waals surface area (Å²) in [4.78, 5) is 14.7. The van der Waals surface area contributed by atoms with E-state index in [4.69, 9.17) is 4.74 Å². The molecule has 2 heterocycles. The zero-order valence-corrected chi connectivity index (χ0v) is 15.8. The van der Waals surface area contributed by atoms with Gasteiger partial charge in [-0.05, 0) is 36.7 Å². The van der Waals surface area contributed by atoms with Gasteiger partial charge in [0.1, 0.15) is 11.4 Å². The van der Waals surface area contributed by atoms with Crippen LogP contribution in [0, 0.1) is 0 Å². The van der Waals surface area contributed by atoms with Gasteiger partial charge in [0.05, 0.1) is 0 Å². The number of rotatable bonds is 5. The molecule has 2 aromatic rings. The summed E-state index contributed by atoms with van der Waals surface area (Å²) in [6.07, 6.45) is 3.59. The molecular weight excluding hydrogens is 378 g/mol. The highest BCUT2D eigenvalue weighted by molar-refractivity contribution is 9.10. The van der Waals surface area contributed by atoms with Crippen molar-refractivity contribution in [2.75, 3.05) is 19.6 Å². The van der Waals surface area contributed by atoms with Crippen LogP contribution in [0.15, 0.2) is 53.0 Å². The number of carbonyl (C=O) groups excluding carboxylic acids is 1. The SMILES string of the molecule is O=C(CCCN1CCC2(Cc3ccccc3O2)C1)c1ccc(Br)cc1. The maximum absolute atomic E-state index is 12.3. The van der Waals surface area contributed by atoms with Gasteiger partial charge in [0.25, 0.3) is 0 Å². The Morgan fingerprint density at radius 2 is 1.96 bits per heavy atom. The Morgan fingerprint density at radius 1 is 1.16 bits per heavy atom. The molecule has 1 fully saturated rings. The van der Waals surface area contributed by atoms with Gasteiger partial charge in [-0.25, -0.2) is 0 Å². The molecule has 0 bridgehead atoms. The quantitative estimate of drug-likeness (QED) is 0.693. The minimum Gasteiger partial charge on any atom is -0.485 e. The Kier molecular flexibility index (Phi) is 4.65. The molecule has 130 valence electrons. The molecule has 1 atom stereocenters. The molecule has 0 aliphatic carbocycles. The lowest BCUT2D eigenvalue weighted by molar-refractivity contribution is 0.0959. The molecule has 1 saturated heterocycles. The van der Waals surface area contributed by atoms with E-state index >= 15 is 0 Å². The lowest BCUT2D eigenvalue weighted by Gasteiger charge is -2.24. The first kappa shape index (κ1) is 16.8. The third-order valence-corrected chi connectivity index (χ3v) is 5.78. The average molecular weight is 400 g/mol. The van der Waals surface area contributed by atoms with Crippen molar-refractivity contribution in [3.63, 3.8) is 0 Å². The van der Waals surface area contributed by atoms with E-state index in [1.165, 1.54) is 5.56 Å². The van der Waals surface area contributed by atoms with Crippen LogP contribution >= 0.6 is 15.9 Å². The standard InChI is InChI=1S/C21H22BrNO2/c22-18-9-7-16(8-10-18)19(24)5-3-12-23-13-11-21(15-23)14-17-4-1-2-6-20(17)25-21/h1-2,4,6-10H,3,5,11-15H2. The molecule has 1 unspecified atom stereocenters. The summed E-state index contributed by atoms with van der Waals surface area (Å²) < 4.78 is 7.28. The largest absolute Gasteiger partial charge is 0.485 e. The molecule has 2 aliphatic heterocycles. The van der Waals surface area contributed by atoms with Crippen molar-refractivity contribution in [1.82, 2.24) is 4.90 Å². The van der Waals surface area contributed by atoms with Crippen LogP contribution < -0.4 is 4.74 Å². The molecule has 0 amide bonds. The number of ketones is 1. The van der Waals surface area contributed by atoms with Crippen LogP contribution in [0.1, 0.15) is 35.2 Å². The molecule has 4 heteroatoms. The van der Waals surface area contributed by atoms with E-state index in [0.29, 0.717) is 6.42 Å². The van der Waals surface area contributed by atoms with E-state index in [1.54, 1.807) is 0 Å². The predicted molar refractivity (Wildman–Crippen MR) is 102 cm³/mol. The fourth-order valence-electron chi connectivity index (χ4n) is 3.96. The van der Waals surface area contributed by atoms with Crippen molar-refractivity contribution in [1.29, 1.82) is 0 Å². The van der Waals surface area contributed by atoms with Crippen LogP contribution in [0.4, 0.5) is 0 Å². The number of ether oxygens (including phenoxy) is 1. The highest BCUT2D eigenvalue weighted by Crippen LogP contribution is 2.40. The number of Topliss-reactive ketones (excluding diaryl/α,β-unsaturated/α-hetero) is 1. The number of carbonyl (C=O) groups is 1. The maximum atomic E-state index is 12.3. The third kappa shape index (κ3) is 3.65. The normalized spacial score (nSPS) is 22.1. The molecule has 0 saturated carbocycles. The third-order valence-electron chi connectivity index (χ3n) is 5.25. The van der Waals surface area contributed by atoms with Crippen LogP contribution in [-0.2, 0) is 6.42 Å². The van der Waals surface area contributed by atoms with Gasteiger partial charge in [-0.2, -0.15) is 0 Å². The summed E-state index contributed by atoms with van der Waals surface area (Å²) >= 11 is 3.40. The van der Waals surface area contributed by atoms with Gasteiger partial charge in [0.2, 0.25) is 0 Å². The van der Waals surface area contributed by atoms with Crippen molar-refractivity contribution in [3.05, 3.63) is 64.1 Å². The van der Waals surface area contributed by atoms with Gasteiger partial charge < -0.3 is 4.74 Å². The number of nitrogens with zero attached hydrogens (tertiary/aromatic N) is 1. The van der Waals surface area contributed by atoms with E-state index in [1.807, 2.05) is 30.3 Å². The van der Waals surface area contributed by atoms with E-state index in [0.717, 1.165) is 54.7 Å². The molecule has 0 radical (unpaired) electrons. The lowest BCUT2D eigenvalue weighted by Crippen LogP contribution is -2.38. The van der Waals surface area contributed by atoms with E-state index in [9.17, 15) is 4.79 Å². The van der Waals surface area contributed by atoms with Gasteiger partial charge in [-0.15, -0.1) is 0 Å². The number of benzene rings is 2. The zero-order chi connectivity index (χ0) is 17.3. The Labute approximate surface area is 157 Å². The fourth-order valence-corrected chi connectivity index (χ4v) is 4.22. The van der Waals surface area contributed by atoms with Crippen molar-refractivity contribution in [3.8, 4) is 5.75 Å². The minimum absolute atomic E-state index is 0.0423. The predicted octanol–water partition coefficient (Wildman–Crippen LogP) is 4.49. The summed E-state index contributed by atoms with van der Waals surface area (Å²) in [7, 11) is 0. The number of hydrogen-bond donors (Lipinski definition) is 0. The fraction of sp³-hybridized carbons (Fsp3) is 0.381. The van der Waals surface area contributed by atoms with Gasteiger partial charge in [-0.3, -0.25) is 9.69 Å². The molecule has 25 heavy (non-hydrogen) atoms.